The third kappa shape index (κ3) is 5.09. The predicted molar refractivity (Wildman–Crippen MR) is 134 cm³/mol. The summed E-state index contributed by atoms with van der Waals surface area (Å²) in [5, 5.41) is 12.1. The molecule has 0 aliphatic carbocycles. The molecule has 4 rings (SSSR count). The van der Waals surface area contributed by atoms with E-state index in [0.29, 0.717) is 36.2 Å². The number of pyridine rings is 2. The maximum Gasteiger partial charge on any atom is 0.267 e. The first-order valence-corrected chi connectivity index (χ1v) is 12.0. The number of rotatable bonds is 10. The Kier molecular flexibility index (Phi) is 7.52. The number of benzene rings is 1. The Balaban J connectivity index is 1.72. The van der Waals surface area contributed by atoms with Crippen molar-refractivity contribution in [3.8, 4) is 0 Å². The lowest BCUT2D eigenvalue weighted by atomic mass is 10.1. The van der Waals surface area contributed by atoms with Gasteiger partial charge in [0.2, 0.25) is 0 Å². The standard InChI is InChI=1S/C27H31N5O2/c1-2-3-4-5-10-16-29-26(33)21-19-22-25(30-23-14-9-11-17-31(23)27(22)34)32(24(21)28)18-15-20-12-7-6-8-13-20/h6-9,11-14,17,19,28H,2-5,10,15-16,18H2,1H3,(H,29,33). The molecule has 0 aliphatic rings. The third-order valence-corrected chi connectivity index (χ3v) is 6.10. The van der Waals surface area contributed by atoms with Crippen molar-refractivity contribution in [2.24, 2.45) is 0 Å². The van der Waals surface area contributed by atoms with Crippen LogP contribution in [0.4, 0.5) is 0 Å². The molecule has 2 N–H and O–H groups in total. The number of amides is 1. The Morgan fingerprint density at radius 3 is 2.59 bits per heavy atom. The van der Waals surface area contributed by atoms with Gasteiger partial charge in [0.1, 0.15) is 16.8 Å². The second kappa shape index (κ2) is 10.9. The Morgan fingerprint density at radius 1 is 1.03 bits per heavy atom. The second-order valence-corrected chi connectivity index (χ2v) is 8.55. The van der Waals surface area contributed by atoms with Gasteiger partial charge in [-0.1, -0.05) is 69.0 Å². The monoisotopic (exact) mass is 457 g/mol. The van der Waals surface area contributed by atoms with Crippen molar-refractivity contribution in [1.82, 2.24) is 19.3 Å². The molecule has 0 bridgehead atoms. The van der Waals surface area contributed by atoms with E-state index in [1.807, 2.05) is 36.4 Å². The Hall–Kier alpha value is -3.74. The minimum Gasteiger partial charge on any atom is -0.352 e. The Labute approximate surface area is 198 Å². The molecule has 0 saturated carbocycles. The van der Waals surface area contributed by atoms with Crippen molar-refractivity contribution in [3.05, 3.63) is 87.8 Å². The van der Waals surface area contributed by atoms with Crippen molar-refractivity contribution >= 4 is 22.6 Å². The zero-order chi connectivity index (χ0) is 23.9. The zero-order valence-electron chi connectivity index (χ0n) is 19.6. The summed E-state index contributed by atoms with van der Waals surface area (Å²) < 4.78 is 3.16. The molecule has 3 aromatic heterocycles. The van der Waals surface area contributed by atoms with Crippen LogP contribution in [0.25, 0.3) is 16.7 Å². The number of carbonyl (C=O) groups excluding carboxylic acids is 1. The van der Waals surface area contributed by atoms with Gasteiger partial charge in [0.25, 0.3) is 11.5 Å². The number of aromatic nitrogens is 3. The average molecular weight is 458 g/mol. The summed E-state index contributed by atoms with van der Waals surface area (Å²) in [6.07, 6.45) is 7.81. The third-order valence-electron chi connectivity index (χ3n) is 6.10. The highest BCUT2D eigenvalue weighted by atomic mass is 16.1. The number of hydrogen-bond acceptors (Lipinski definition) is 4. The highest BCUT2D eigenvalue weighted by Gasteiger charge is 2.17. The molecule has 0 unspecified atom stereocenters. The fourth-order valence-corrected chi connectivity index (χ4v) is 4.19. The minimum atomic E-state index is -0.326. The van der Waals surface area contributed by atoms with Crippen LogP contribution in [0, 0.1) is 5.41 Å². The van der Waals surface area contributed by atoms with Crippen LogP contribution in [0.3, 0.4) is 0 Å². The number of nitrogens with one attached hydrogen (secondary N) is 2. The van der Waals surface area contributed by atoms with E-state index in [-0.39, 0.29) is 22.5 Å². The predicted octanol–water partition coefficient (Wildman–Crippen LogP) is 4.07. The average Bonchev–Trinajstić information content (AvgIpc) is 2.86. The van der Waals surface area contributed by atoms with Crippen LogP contribution in [0.15, 0.2) is 65.6 Å². The maximum atomic E-state index is 13.3. The van der Waals surface area contributed by atoms with Gasteiger partial charge in [-0.25, -0.2) is 4.98 Å². The van der Waals surface area contributed by atoms with Gasteiger partial charge in [-0.05, 0) is 36.6 Å². The van der Waals surface area contributed by atoms with Crippen LogP contribution in [0.2, 0.25) is 0 Å². The fraction of sp³-hybridized carbons (Fsp3) is 0.333. The number of hydrogen-bond donors (Lipinski definition) is 2. The molecule has 7 heteroatoms. The molecule has 4 aromatic rings. The summed E-state index contributed by atoms with van der Waals surface area (Å²) in [7, 11) is 0. The summed E-state index contributed by atoms with van der Waals surface area (Å²) in [5.74, 6) is -0.326. The lowest BCUT2D eigenvalue weighted by molar-refractivity contribution is 0.0950. The minimum absolute atomic E-state index is 0.0686. The van der Waals surface area contributed by atoms with Gasteiger partial charge >= 0.3 is 0 Å². The van der Waals surface area contributed by atoms with Crippen molar-refractivity contribution < 1.29 is 4.79 Å². The normalized spacial score (nSPS) is 11.2. The summed E-state index contributed by atoms with van der Waals surface area (Å²) in [6.45, 7) is 3.16. The smallest absolute Gasteiger partial charge is 0.267 e. The van der Waals surface area contributed by atoms with Crippen LogP contribution in [0.1, 0.15) is 54.9 Å². The van der Waals surface area contributed by atoms with Gasteiger partial charge in [0.05, 0.1) is 10.9 Å². The molecular formula is C27H31N5O2. The maximum absolute atomic E-state index is 13.3. The molecule has 7 nitrogen and oxygen atoms in total. The number of unbranched alkanes of at least 4 members (excludes halogenated alkanes) is 4. The lowest BCUT2D eigenvalue weighted by Crippen LogP contribution is -2.35. The fourth-order valence-electron chi connectivity index (χ4n) is 4.19. The van der Waals surface area contributed by atoms with Gasteiger partial charge in [0, 0.05) is 19.3 Å². The second-order valence-electron chi connectivity index (χ2n) is 8.55. The number of nitrogens with zero attached hydrogens (tertiary/aromatic N) is 3. The number of aryl methyl sites for hydroxylation is 2. The molecule has 0 saturated heterocycles. The molecule has 0 spiro atoms. The summed E-state index contributed by atoms with van der Waals surface area (Å²) in [4.78, 5) is 31.0. The lowest BCUT2D eigenvalue weighted by Gasteiger charge is -2.15. The van der Waals surface area contributed by atoms with Gasteiger partial charge in [-0.15, -0.1) is 0 Å². The van der Waals surface area contributed by atoms with E-state index in [1.54, 1.807) is 22.9 Å². The van der Waals surface area contributed by atoms with E-state index in [0.717, 1.165) is 24.8 Å². The molecular weight excluding hydrogens is 426 g/mol. The highest BCUT2D eigenvalue weighted by molar-refractivity contribution is 5.96. The number of carbonyl (C=O) groups is 1. The van der Waals surface area contributed by atoms with E-state index in [4.69, 9.17) is 10.4 Å². The van der Waals surface area contributed by atoms with Gasteiger partial charge in [-0.2, -0.15) is 0 Å². The molecule has 1 amide bonds. The van der Waals surface area contributed by atoms with E-state index in [9.17, 15) is 9.59 Å². The van der Waals surface area contributed by atoms with Gasteiger partial charge in [0.15, 0.2) is 0 Å². The largest absolute Gasteiger partial charge is 0.352 e. The Bertz CT molecular complexity index is 1410. The SMILES string of the molecule is CCCCCCCNC(=O)c1cc2c(=O)n3ccccc3nc2n(CCc2ccccc2)c1=N. The van der Waals surface area contributed by atoms with Crippen LogP contribution >= 0.6 is 0 Å². The molecule has 0 aliphatic heterocycles. The summed E-state index contributed by atoms with van der Waals surface area (Å²) in [6, 6.07) is 16.9. The van der Waals surface area contributed by atoms with Gasteiger partial charge in [-0.3, -0.25) is 19.4 Å². The van der Waals surface area contributed by atoms with Crippen LogP contribution in [-0.4, -0.2) is 26.4 Å². The van der Waals surface area contributed by atoms with Crippen molar-refractivity contribution in [2.75, 3.05) is 6.54 Å². The van der Waals surface area contributed by atoms with E-state index in [2.05, 4.69) is 12.2 Å². The molecule has 3 heterocycles. The molecule has 0 atom stereocenters. The van der Waals surface area contributed by atoms with Crippen molar-refractivity contribution in [3.63, 3.8) is 0 Å². The molecule has 0 fully saturated rings. The first-order chi connectivity index (χ1) is 16.6. The van der Waals surface area contributed by atoms with E-state index in [1.165, 1.54) is 23.3 Å². The summed E-state index contributed by atoms with van der Waals surface area (Å²) >= 11 is 0. The van der Waals surface area contributed by atoms with Gasteiger partial charge < -0.3 is 9.88 Å². The van der Waals surface area contributed by atoms with Crippen molar-refractivity contribution in [1.29, 1.82) is 5.41 Å². The van der Waals surface area contributed by atoms with Crippen LogP contribution < -0.4 is 16.4 Å². The molecule has 0 radical (unpaired) electrons. The number of fused-ring (bicyclic) bond motifs is 2. The molecule has 176 valence electrons. The quantitative estimate of drug-likeness (QED) is 0.278. The van der Waals surface area contributed by atoms with E-state index < -0.39 is 0 Å². The van der Waals surface area contributed by atoms with Crippen molar-refractivity contribution in [2.45, 2.75) is 52.0 Å². The van der Waals surface area contributed by atoms with Crippen LogP contribution in [0.5, 0.6) is 0 Å². The Morgan fingerprint density at radius 2 is 1.79 bits per heavy atom. The van der Waals surface area contributed by atoms with E-state index >= 15 is 0 Å². The summed E-state index contributed by atoms with van der Waals surface area (Å²) in [5.41, 5.74) is 2.07. The first-order valence-electron chi connectivity index (χ1n) is 12.0. The first kappa shape index (κ1) is 23.4. The molecule has 34 heavy (non-hydrogen) atoms. The topological polar surface area (TPSA) is 92.2 Å². The highest BCUT2D eigenvalue weighted by Crippen LogP contribution is 2.12. The molecule has 1 aromatic carbocycles. The van der Waals surface area contributed by atoms with Crippen LogP contribution in [-0.2, 0) is 13.0 Å². The zero-order valence-corrected chi connectivity index (χ0v) is 19.6.